The predicted molar refractivity (Wildman–Crippen MR) is 120 cm³/mol. The number of hydrogen-bond donors (Lipinski definition) is 3. The van der Waals surface area contributed by atoms with Gasteiger partial charge in [0.1, 0.15) is 11.3 Å². The van der Waals surface area contributed by atoms with E-state index in [4.69, 9.17) is 9.97 Å². The summed E-state index contributed by atoms with van der Waals surface area (Å²) in [6, 6.07) is 11.5. The summed E-state index contributed by atoms with van der Waals surface area (Å²) < 4.78 is 2.20. The number of phenols is 1. The molecule has 1 aliphatic rings. The molecule has 158 valence electrons. The van der Waals surface area contributed by atoms with E-state index in [2.05, 4.69) is 25.2 Å². The van der Waals surface area contributed by atoms with Gasteiger partial charge in [0, 0.05) is 30.5 Å². The van der Waals surface area contributed by atoms with Gasteiger partial charge in [-0.2, -0.15) is 0 Å². The average molecular weight is 416 g/mol. The Hall–Kier alpha value is -3.52. The number of hydrogen-bond acceptors (Lipinski definition) is 7. The van der Waals surface area contributed by atoms with Gasteiger partial charge in [0.25, 0.3) is 0 Å². The number of rotatable bonds is 6. The van der Waals surface area contributed by atoms with Crippen molar-refractivity contribution in [1.82, 2.24) is 29.8 Å². The van der Waals surface area contributed by atoms with E-state index >= 15 is 0 Å². The summed E-state index contributed by atoms with van der Waals surface area (Å²) in [5.74, 6) is 1.65. The zero-order chi connectivity index (χ0) is 21.0. The Morgan fingerprint density at radius 1 is 1.10 bits per heavy atom. The quantitative estimate of drug-likeness (QED) is 0.445. The van der Waals surface area contributed by atoms with Gasteiger partial charge >= 0.3 is 0 Å². The van der Waals surface area contributed by atoms with Crippen LogP contribution in [-0.4, -0.2) is 49.2 Å². The minimum absolute atomic E-state index is 0.277. The van der Waals surface area contributed by atoms with Crippen LogP contribution in [0.3, 0.4) is 0 Å². The van der Waals surface area contributed by atoms with Crippen molar-refractivity contribution in [2.75, 3.05) is 25.0 Å². The average Bonchev–Trinajstić information content (AvgIpc) is 3.26. The number of nitrogens with one attached hydrogen (secondary N) is 2. The predicted octanol–water partition coefficient (Wildman–Crippen LogP) is 3.17. The lowest BCUT2D eigenvalue weighted by Crippen LogP contribution is -2.29. The first-order chi connectivity index (χ1) is 15.3. The minimum atomic E-state index is 0.277. The molecule has 4 aromatic rings. The second kappa shape index (κ2) is 8.69. The van der Waals surface area contributed by atoms with Gasteiger partial charge in [0.2, 0.25) is 0 Å². The Labute approximate surface area is 180 Å². The van der Waals surface area contributed by atoms with E-state index in [0.29, 0.717) is 18.4 Å². The van der Waals surface area contributed by atoms with Crippen LogP contribution in [0.4, 0.5) is 5.82 Å². The molecule has 1 fully saturated rings. The molecule has 4 heterocycles. The van der Waals surface area contributed by atoms with Crippen LogP contribution in [-0.2, 0) is 6.42 Å². The Balaban J connectivity index is 1.48. The zero-order valence-corrected chi connectivity index (χ0v) is 17.2. The molecular formula is C23H25N7O. The lowest BCUT2D eigenvalue weighted by molar-refractivity contribution is 0.373. The Morgan fingerprint density at radius 3 is 2.71 bits per heavy atom. The van der Waals surface area contributed by atoms with Gasteiger partial charge in [-0.3, -0.25) is 4.98 Å². The molecule has 0 atom stereocenters. The van der Waals surface area contributed by atoms with Crippen LogP contribution in [0.2, 0.25) is 0 Å². The van der Waals surface area contributed by atoms with Crippen LogP contribution in [0.15, 0.2) is 55.1 Å². The van der Waals surface area contributed by atoms with E-state index in [9.17, 15) is 5.11 Å². The number of benzene rings is 1. The molecule has 0 amide bonds. The van der Waals surface area contributed by atoms with Crippen molar-refractivity contribution in [3.8, 4) is 17.1 Å². The number of anilines is 1. The molecule has 1 aliphatic heterocycles. The molecule has 0 radical (unpaired) electrons. The summed E-state index contributed by atoms with van der Waals surface area (Å²) in [5.41, 5.74) is 3.66. The van der Waals surface area contributed by atoms with Crippen molar-refractivity contribution < 1.29 is 5.11 Å². The lowest BCUT2D eigenvalue weighted by atomic mass is 10.1. The summed E-state index contributed by atoms with van der Waals surface area (Å²) >= 11 is 0. The monoisotopic (exact) mass is 415 g/mol. The largest absolute Gasteiger partial charge is 0.508 e. The highest BCUT2D eigenvalue weighted by Crippen LogP contribution is 2.28. The molecule has 0 unspecified atom stereocenters. The smallest absolute Gasteiger partial charge is 0.166 e. The highest BCUT2D eigenvalue weighted by atomic mass is 16.3. The third-order valence-electron chi connectivity index (χ3n) is 5.69. The number of piperidine rings is 1. The molecule has 0 spiro atoms. The molecule has 3 aromatic heterocycles. The van der Waals surface area contributed by atoms with Gasteiger partial charge in [-0.05, 0) is 62.2 Å². The number of fused-ring (bicyclic) bond motifs is 1. The molecule has 8 heteroatoms. The number of pyridine rings is 1. The molecule has 5 rings (SSSR count). The summed E-state index contributed by atoms with van der Waals surface area (Å²) in [7, 11) is 0. The highest BCUT2D eigenvalue weighted by molar-refractivity contribution is 5.85. The number of nitrogens with zero attached hydrogens (tertiary/aromatic N) is 5. The van der Waals surface area contributed by atoms with Crippen LogP contribution in [0.25, 0.3) is 22.6 Å². The molecule has 0 bridgehead atoms. The summed E-state index contributed by atoms with van der Waals surface area (Å²) in [6.07, 6.45) is 8.35. The standard InChI is InChI=1S/C23H25N7O/c31-19-5-3-16(4-6-19)7-13-26-22-20-23(29-21(28-22)17-2-1-10-25-14-17)30(15-27-20)18-8-11-24-12-9-18/h1-6,10,14-15,18,24,31H,7-9,11-13H2,(H,26,28,29). The van der Waals surface area contributed by atoms with Gasteiger partial charge in [-0.25, -0.2) is 15.0 Å². The topological polar surface area (TPSA) is 101 Å². The molecule has 8 nitrogen and oxygen atoms in total. The fraction of sp³-hybridized carbons (Fsp3) is 0.304. The molecule has 3 N–H and O–H groups in total. The Morgan fingerprint density at radius 2 is 1.94 bits per heavy atom. The van der Waals surface area contributed by atoms with E-state index < -0.39 is 0 Å². The van der Waals surface area contributed by atoms with Crippen LogP contribution < -0.4 is 10.6 Å². The third kappa shape index (κ3) is 4.20. The van der Waals surface area contributed by atoms with E-state index in [0.717, 1.165) is 60.5 Å². The lowest BCUT2D eigenvalue weighted by Gasteiger charge is -2.24. The van der Waals surface area contributed by atoms with Crippen molar-refractivity contribution >= 4 is 17.0 Å². The van der Waals surface area contributed by atoms with Crippen molar-refractivity contribution in [3.63, 3.8) is 0 Å². The highest BCUT2D eigenvalue weighted by Gasteiger charge is 2.21. The minimum Gasteiger partial charge on any atom is -0.508 e. The van der Waals surface area contributed by atoms with Crippen molar-refractivity contribution in [2.24, 2.45) is 0 Å². The van der Waals surface area contributed by atoms with E-state index in [-0.39, 0.29) is 5.75 Å². The van der Waals surface area contributed by atoms with Gasteiger partial charge in [-0.15, -0.1) is 0 Å². The van der Waals surface area contributed by atoms with Crippen LogP contribution in [0.5, 0.6) is 5.75 Å². The number of aromatic hydroxyl groups is 1. The molecule has 31 heavy (non-hydrogen) atoms. The maximum absolute atomic E-state index is 9.47. The van der Waals surface area contributed by atoms with E-state index in [1.807, 2.05) is 30.6 Å². The maximum Gasteiger partial charge on any atom is 0.166 e. The third-order valence-corrected chi connectivity index (χ3v) is 5.69. The van der Waals surface area contributed by atoms with Crippen LogP contribution >= 0.6 is 0 Å². The normalized spacial score (nSPS) is 14.7. The second-order valence-corrected chi connectivity index (χ2v) is 7.79. The molecular weight excluding hydrogens is 390 g/mol. The number of phenolic OH excluding ortho intramolecular Hbond substituents is 1. The first kappa shape index (κ1) is 19.4. The first-order valence-corrected chi connectivity index (χ1v) is 10.7. The maximum atomic E-state index is 9.47. The van der Waals surface area contributed by atoms with Crippen LogP contribution in [0, 0.1) is 0 Å². The van der Waals surface area contributed by atoms with E-state index in [1.165, 1.54) is 0 Å². The van der Waals surface area contributed by atoms with E-state index in [1.54, 1.807) is 24.5 Å². The summed E-state index contributed by atoms with van der Waals surface area (Å²) in [5, 5.41) is 16.3. The Bertz CT molecular complexity index is 1150. The first-order valence-electron chi connectivity index (χ1n) is 10.7. The zero-order valence-electron chi connectivity index (χ0n) is 17.2. The summed E-state index contributed by atoms with van der Waals surface area (Å²) in [6.45, 7) is 2.70. The molecule has 1 aromatic carbocycles. The number of aromatic nitrogens is 5. The van der Waals surface area contributed by atoms with Crippen LogP contribution in [0.1, 0.15) is 24.4 Å². The van der Waals surface area contributed by atoms with Gasteiger partial charge < -0.3 is 20.3 Å². The second-order valence-electron chi connectivity index (χ2n) is 7.79. The van der Waals surface area contributed by atoms with Gasteiger partial charge in [-0.1, -0.05) is 12.1 Å². The SMILES string of the molecule is Oc1ccc(CCNc2nc(-c3cccnc3)nc3c2ncn3C2CCNCC2)cc1. The van der Waals surface area contributed by atoms with Crippen molar-refractivity contribution in [1.29, 1.82) is 0 Å². The van der Waals surface area contributed by atoms with Crippen molar-refractivity contribution in [3.05, 3.63) is 60.7 Å². The Kier molecular flexibility index (Phi) is 5.45. The van der Waals surface area contributed by atoms with Gasteiger partial charge in [0.15, 0.2) is 17.3 Å². The van der Waals surface area contributed by atoms with Gasteiger partial charge in [0.05, 0.1) is 6.33 Å². The molecule has 0 saturated carbocycles. The molecule has 0 aliphatic carbocycles. The fourth-order valence-corrected chi connectivity index (χ4v) is 4.00. The molecule has 1 saturated heterocycles. The summed E-state index contributed by atoms with van der Waals surface area (Å²) in [4.78, 5) is 18.6. The van der Waals surface area contributed by atoms with Crippen molar-refractivity contribution in [2.45, 2.75) is 25.3 Å². The number of imidazole rings is 1. The fourth-order valence-electron chi connectivity index (χ4n) is 4.00.